The van der Waals surface area contributed by atoms with Crippen LogP contribution in [-0.2, 0) is 4.79 Å². The molecule has 0 aromatic heterocycles. The van der Waals surface area contributed by atoms with E-state index in [1.165, 1.54) is 5.48 Å². The van der Waals surface area contributed by atoms with Crippen LogP contribution in [0.15, 0.2) is 24.3 Å². The third kappa shape index (κ3) is 2.99. The van der Waals surface area contributed by atoms with Crippen molar-refractivity contribution in [3.8, 4) is 0 Å². The van der Waals surface area contributed by atoms with Gasteiger partial charge in [0.2, 0.25) is 5.91 Å². The van der Waals surface area contributed by atoms with Crippen molar-refractivity contribution in [2.45, 2.75) is 12.5 Å². The Balaban J connectivity index is 2.65. The summed E-state index contributed by atoms with van der Waals surface area (Å²) in [5.41, 5.74) is 2.03. The van der Waals surface area contributed by atoms with E-state index in [0.717, 1.165) is 0 Å². The highest BCUT2D eigenvalue weighted by molar-refractivity contribution is 6.30. The number of carbonyl (C=O) groups is 1. The zero-order chi connectivity index (χ0) is 10.6. The van der Waals surface area contributed by atoms with E-state index in [1.54, 1.807) is 24.3 Å². The Kier molecular flexibility index (Phi) is 3.88. The molecule has 1 atom stereocenters. The summed E-state index contributed by atoms with van der Waals surface area (Å²) in [4.78, 5) is 10.7. The van der Waals surface area contributed by atoms with Crippen LogP contribution in [0.5, 0.6) is 0 Å². The molecule has 0 spiro atoms. The van der Waals surface area contributed by atoms with E-state index in [9.17, 15) is 9.90 Å². The predicted molar refractivity (Wildman–Crippen MR) is 51.0 cm³/mol. The summed E-state index contributed by atoms with van der Waals surface area (Å²) in [6.45, 7) is 0. The van der Waals surface area contributed by atoms with Gasteiger partial charge in [-0.3, -0.25) is 10.0 Å². The lowest BCUT2D eigenvalue weighted by atomic mass is 10.1. The summed E-state index contributed by atoms with van der Waals surface area (Å²) in [6, 6.07) is 6.49. The number of hydrogen-bond acceptors (Lipinski definition) is 3. The number of carbonyl (C=O) groups excluding carboxylic acids is 1. The van der Waals surface area contributed by atoms with Crippen LogP contribution in [0.1, 0.15) is 18.1 Å². The second kappa shape index (κ2) is 4.95. The molecule has 4 nitrogen and oxygen atoms in total. The molecule has 3 N–H and O–H groups in total. The fourth-order valence-corrected chi connectivity index (χ4v) is 1.15. The first-order valence-electron chi connectivity index (χ1n) is 4.00. The maximum atomic E-state index is 10.7. The molecule has 0 aliphatic carbocycles. The normalized spacial score (nSPS) is 12.2. The molecular formula is C9H10ClNO3. The minimum Gasteiger partial charge on any atom is -0.388 e. The molecule has 1 amide bonds. The minimum atomic E-state index is -0.931. The second-order valence-corrected chi connectivity index (χ2v) is 3.24. The number of amides is 1. The van der Waals surface area contributed by atoms with Crippen molar-refractivity contribution in [1.29, 1.82) is 0 Å². The summed E-state index contributed by atoms with van der Waals surface area (Å²) in [5.74, 6) is -0.632. The van der Waals surface area contributed by atoms with Crippen LogP contribution in [0.2, 0.25) is 5.02 Å². The fourth-order valence-electron chi connectivity index (χ4n) is 1.02. The molecule has 0 saturated heterocycles. The quantitative estimate of drug-likeness (QED) is 0.525. The fraction of sp³-hybridized carbons (Fsp3) is 0.222. The second-order valence-electron chi connectivity index (χ2n) is 2.81. The smallest absolute Gasteiger partial charge is 0.246 e. The number of aliphatic hydroxyl groups is 1. The van der Waals surface area contributed by atoms with Gasteiger partial charge in [-0.15, -0.1) is 0 Å². The molecule has 0 bridgehead atoms. The maximum Gasteiger partial charge on any atom is 0.246 e. The monoisotopic (exact) mass is 215 g/mol. The van der Waals surface area contributed by atoms with E-state index in [2.05, 4.69) is 0 Å². The first kappa shape index (κ1) is 11.0. The topological polar surface area (TPSA) is 69.6 Å². The van der Waals surface area contributed by atoms with E-state index in [4.69, 9.17) is 16.8 Å². The van der Waals surface area contributed by atoms with Crippen LogP contribution in [0.3, 0.4) is 0 Å². The molecule has 0 unspecified atom stereocenters. The van der Waals surface area contributed by atoms with Crippen molar-refractivity contribution in [1.82, 2.24) is 5.48 Å². The Bertz CT molecular complexity index is 312. The predicted octanol–water partition coefficient (Wildman–Crippen LogP) is 1.27. The van der Waals surface area contributed by atoms with Gasteiger partial charge in [-0.25, -0.2) is 5.48 Å². The van der Waals surface area contributed by atoms with Crippen LogP contribution in [0.25, 0.3) is 0 Å². The molecule has 1 rings (SSSR count). The van der Waals surface area contributed by atoms with Gasteiger partial charge in [0.05, 0.1) is 12.5 Å². The van der Waals surface area contributed by atoms with Gasteiger partial charge in [0.25, 0.3) is 0 Å². The van der Waals surface area contributed by atoms with Gasteiger partial charge in [0.1, 0.15) is 0 Å². The minimum absolute atomic E-state index is 0.182. The van der Waals surface area contributed by atoms with E-state index < -0.39 is 12.0 Å². The Morgan fingerprint density at radius 3 is 2.50 bits per heavy atom. The molecule has 76 valence electrons. The summed E-state index contributed by atoms with van der Waals surface area (Å²) in [5, 5.41) is 18.3. The zero-order valence-electron chi connectivity index (χ0n) is 7.27. The molecule has 1 aromatic carbocycles. The largest absolute Gasteiger partial charge is 0.388 e. The van der Waals surface area contributed by atoms with Gasteiger partial charge in [0, 0.05) is 5.02 Å². The third-order valence-electron chi connectivity index (χ3n) is 1.76. The number of hydrogen-bond donors (Lipinski definition) is 3. The molecule has 0 aliphatic rings. The van der Waals surface area contributed by atoms with Crippen molar-refractivity contribution in [2.75, 3.05) is 0 Å². The highest BCUT2D eigenvalue weighted by Crippen LogP contribution is 2.18. The zero-order valence-corrected chi connectivity index (χ0v) is 8.03. The Labute approximate surface area is 86.1 Å². The maximum absolute atomic E-state index is 10.7. The first-order chi connectivity index (χ1) is 6.63. The van der Waals surface area contributed by atoms with Gasteiger partial charge in [-0.1, -0.05) is 23.7 Å². The van der Waals surface area contributed by atoms with Gasteiger partial charge in [0.15, 0.2) is 0 Å². The van der Waals surface area contributed by atoms with Crippen molar-refractivity contribution in [2.24, 2.45) is 0 Å². The molecular weight excluding hydrogens is 206 g/mol. The Morgan fingerprint density at radius 1 is 1.43 bits per heavy atom. The first-order valence-corrected chi connectivity index (χ1v) is 4.37. The van der Waals surface area contributed by atoms with Gasteiger partial charge in [-0.2, -0.15) is 0 Å². The lowest BCUT2D eigenvalue weighted by Gasteiger charge is -2.09. The number of aliphatic hydroxyl groups excluding tert-OH is 1. The molecule has 0 heterocycles. The van der Waals surface area contributed by atoms with Crippen LogP contribution in [0.4, 0.5) is 0 Å². The standard InChI is InChI=1S/C9H10ClNO3/c10-7-3-1-6(2-4-7)8(12)5-9(13)11-14/h1-4,8,12,14H,5H2,(H,11,13)/t8-/m0/s1. The molecule has 0 radical (unpaired) electrons. The molecule has 0 fully saturated rings. The molecule has 0 saturated carbocycles. The van der Waals surface area contributed by atoms with Crippen LogP contribution >= 0.6 is 11.6 Å². The van der Waals surface area contributed by atoms with Gasteiger partial charge >= 0.3 is 0 Å². The summed E-state index contributed by atoms with van der Waals surface area (Å²) in [7, 11) is 0. The molecule has 5 heteroatoms. The van der Waals surface area contributed by atoms with Crippen molar-refractivity contribution < 1.29 is 15.1 Å². The summed E-state index contributed by atoms with van der Waals surface area (Å²) in [6.07, 6.45) is -1.11. The third-order valence-corrected chi connectivity index (χ3v) is 2.01. The van der Waals surface area contributed by atoms with E-state index in [1.807, 2.05) is 0 Å². The highest BCUT2D eigenvalue weighted by atomic mass is 35.5. The lowest BCUT2D eigenvalue weighted by Crippen LogP contribution is -2.20. The SMILES string of the molecule is O=C(C[C@H](O)c1ccc(Cl)cc1)NO. The number of halogens is 1. The van der Waals surface area contributed by atoms with Crippen LogP contribution in [0, 0.1) is 0 Å². The number of rotatable bonds is 3. The lowest BCUT2D eigenvalue weighted by molar-refractivity contribution is -0.131. The Morgan fingerprint density at radius 2 is 2.00 bits per heavy atom. The number of hydroxylamine groups is 1. The van der Waals surface area contributed by atoms with Crippen molar-refractivity contribution >= 4 is 17.5 Å². The van der Waals surface area contributed by atoms with E-state index in [0.29, 0.717) is 10.6 Å². The molecule has 1 aromatic rings. The molecule has 0 aliphatic heterocycles. The molecule has 14 heavy (non-hydrogen) atoms. The van der Waals surface area contributed by atoms with E-state index >= 15 is 0 Å². The summed E-state index contributed by atoms with van der Waals surface area (Å²) >= 11 is 5.65. The number of nitrogens with one attached hydrogen (secondary N) is 1. The van der Waals surface area contributed by atoms with Crippen LogP contribution in [-0.4, -0.2) is 16.2 Å². The Hall–Kier alpha value is -1.10. The van der Waals surface area contributed by atoms with Crippen molar-refractivity contribution in [3.05, 3.63) is 34.9 Å². The summed E-state index contributed by atoms with van der Waals surface area (Å²) < 4.78 is 0. The van der Waals surface area contributed by atoms with Crippen LogP contribution < -0.4 is 5.48 Å². The van der Waals surface area contributed by atoms with Gasteiger partial charge < -0.3 is 5.11 Å². The average Bonchev–Trinajstić information content (AvgIpc) is 2.18. The van der Waals surface area contributed by atoms with Crippen molar-refractivity contribution in [3.63, 3.8) is 0 Å². The highest BCUT2D eigenvalue weighted by Gasteiger charge is 2.11. The van der Waals surface area contributed by atoms with Gasteiger partial charge in [-0.05, 0) is 17.7 Å². The number of benzene rings is 1. The average molecular weight is 216 g/mol. The van der Waals surface area contributed by atoms with E-state index in [-0.39, 0.29) is 6.42 Å².